The highest BCUT2D eigenvalue weighted by Gasteiger charge is 2.30. The molecule has 2 aromatic rings. The standard InChI is InChI=1S/C18H12F5NO3S/c19-17(20)28(26,27)15-8-6-13(7-9-15)16(25)24-10-2-4-12-3-1-5-14(11-12)18(21,22)23/h1,3,5-9,11,17H,10H2,(H,24,25). The summed E-state index contributed by atoms with van der Waals surface area (Å²) in [7, 11) is -4.75. The molecular weight excluding hydrogens is 405 g/mol. The van der Waals surface area contributed by atoms with Gasteiger partial charge in [0.25, 0.3) is 5.91 Å². The first-order valence-electron chi connectivity index (χ1n) is 7.58. The summed E-state index contributed by atoms with van der Waals surface area (Å²) in [6, 6.07) is 8.25. The van der Waals surface area contributed by atoms with Crippen molar-refractivity contribution in [3.05, 3.63) is 65.2 Å². The Kier molecular flexibility index (Phi) is 6.41. The number of amides is 1. The molecular formula is C18H12F5NO3S. The minimum Gasteiger partial charge on any atom is -0.341 e. The van der Waals surface area contributed by atoms with E-state index in [2.05, 4.69) is 17.2 Å². The van der Waals surface area contributed by atoms with Gasteiger partial charge in [-0.05, 0) is 42.5 Å². The molecule has 0 aliphatic carbocycles. The molecule has 0 unspecified atom stereocenters. The lowest BCUT2D eigenvalue weighted by molar-refractivity contribution is -0.137. The maximum atomic E-state index is 12.6. The Hall–Kier alpha value is -2.93. The lowest BCUT2D eigenvalue weighted by Crippen LogP contribution is -2.23. The highest BCUT2D eigenvalue weighted by molar-refractivity contribution is 7.91. The first-order chi connectivity index (χ1) is 13.0. The normalized spacial score (nSPS) is 11.6. The van der Waals surface area contributed by atoms with Crippen LogP contribution in [0.1, 0.15) is 21.5 Å². The maximum absolute atomic E-state index is 12.6. The van der Waals surface area contributed by atoms with Crippen molar-refractivity contribution in [2.75, 3.05) is 6.54 Å². The summed E-state index contributed by atoms with van der Waals surface area (Å²) >= 11 is 0. The minimum absolute atomic E-state index is 0.00841. The number of hydrogen-bond acceptors (Lipinski definition) is 3. The zero-order chi connectivity index (χ0) is 20.9. The largest absolute Gasteiger partial charge is 0.416 e. The number of sulfone groups is 1. The molecule has 2 aromatic carbocycles. The Bertz CT molecular complexity index is 1020. The fourth-order valence-corrected chi connectivity index (χ4v) is 2.77. The quantitative estimate of drug-likeness (QED) is 0.612. The second-order valence-electron chi connectivity index (χ2n) is 5.39. The van der Waals surface area contributed by atoms with Crippen molar-refractivity contribution in [1.29, 1.82) is 0 Å². The molecule has 148 valence electrons. The van der Waals surface area contributed by atoms with Gasteiger partial charge in [-0.3, -0.25) is 4.79 Å². The van der Waals surface area contributed by atoms with Gasteiger partial charge in [0.15, 0.2) is 0 Å². The summed E-state index contributed by atoms with van der Waals surface area (Å²) in [4.78, 5) is 11.3. The molecule has 0 bridgehead atoms. The van der Waals surface area contributed by atoms with Gasteiger partial charge in [0.1, 0.15) is 0 Å². The van der Waals surface area contributed by atoms with E-state index in [1.165, 1.54) is 12.1 Å². The Balaban J connectivity index is 2.00. The number of carbonyl (C=O) groups is 1. The summed E-state index contributed by atoms with van der Waals surface area (Å²) in [5, 5.41) is 2.36. The van der Waals surface area contributed by atoms with Crippen LogP contribution in [-0.4, -0.2) is 26.6 Å². The average molecular weight is 417 g/mol. The van der Waals surface area contributed by atoms with Crippen LogP contribution in [0.25, 0.3) is 0 Å². The van der Waals surface area contributed by atoms with E-state index in [0.717, 1.165) is 36.4 Å². The lowest BCUT2D eigenvalue weighted by atomic mass is 10.1. The Morgan fingerprint density at radius 3 is 2.29 bits per heavy atom. The van der Waals surface area contributed by atoms with Crippen LogP contribution < -0.4 is 5.32 Å². The van der Waals surface area contributed by atoms with Crippen molar-refractivity contribution in [3.8, 4) is 11.8 Å². The molecule has 4 nitrogen and oxygen atoms in total. The van der Waals surface area contributed by atoms with Crippen LogP contribution >= 0.6 is 0 Å². The summed E-state index contributed by atoms with van der Waals surface area (Å²) in [6.45, 7) is -0.188. The molecule has 1 amide bonds. The smallest absolute Gasteiger partial charge is 0.341 e. The molecule has 1 N–H and O–H groups in total. The van der Waals surface area contributed by atoms with Gasteiger partial charge >= 0.3 is 11.9 Å². The Labute approximate surface area is 157 Å². The zero-order valence-corrected chi connectivity index (χ0v) is 14.7. The minimum atomic E-state index is -4.75. The van der Waals surface area contributed by atoms with Gasteiger partial charge < -0.3 is 5.32 Å². The van der Waals surface area contributed by atoms with Crippen LogP contribution in [0.4, 0.5) is 22.0 Å². The molecule has 2 rings (SSSR count). The van der Waals surface area contributed by atoms with Crippen molar-refractivity contribution >= 4 is 15.7 Å². The maximum Gasteiger partial charge on any atom is 0.416 e. The van der Waals surface area contributed by atoms with Crippen LogP contribution in [-0.2, 0) is 16.0 Å². The summed E-state index contributed by atoms with van der Waals surface area (Å²) < 4.78 is 85.3. The molecule has 0 aromatic heterocycles. The molecule has 0 atom stereocenters. The van der Waals surface area contributed by atoms with Crippen molar-refractivity contribution in [1.82, 2.24) is 5.32 Å². The van der Waals surface area contributed by atoms with E-state index in [1.807, 2.05) is 0 Å². The fraction of sp³-hybridized carbons (Fsp3) is 0.167. The first kappa shape index (κ1) is 21.4. The van der Waals surface area contributed by atoms with Gasteiger partial charge in [0, 0.05) is 11.1 Å². The molecule has 0 heterocycles. The number of benzene rings is 2. The van der Waals surface area contributed by atoms with Gasteiger partial charge in [-0.25, -0.2) is 8.42 Å². The highest BCUT2D eigenvalue weighted by Crippen LogP contribution is 2.29. The summed E-state index contributed by atoms with van der Waals surface area (Å²) in [6.07, 6.45) is -4.49. The van der Waals surface area contributed by atoms with Crippen LogP contribution in [0.15, 0.2) is 53.4 Å². The van der Waals surface area contributed by atoms with E-state index in [-0.39, 0.29) is 17.7 Å². The highest BCUT2D eigenvalue weighted by atomic mass is 32.2. The number of carbonyl (C=O) groups excluding carboxylic acids is 1. The van der Waals surface area contributed by atoms with E-state index < -0.39 is 38.1 Å². The molecule has 0 radical (unpaired) electrons. The molecule has 0 saturated heterocycles. The topological polar surface area (TPSA) is 63.2 Å². The lowest BCUT2D eigenvalue weighted by Gasteiger charge is -2.06. The van der Waals surface area contributed by atoms with Gasteiger partial charge in [0.2, 0.25) is 9.84 Å². The van der Waals surface area contributed by atoms with E-state index in [9.17, 15) is 35.2 Å². The van der Waals surface area contributed by atoms with Crippen molar-refractivity contribution in [3.63, 3.8) is 0 Å². The van der Waals surface area contributed by atoms with E-state index in [0.29, 0.717) is 0 Å². The molecule has 0 aliphatic rings. The molecule has 0 saturated carbocycles. The third-order valence-electron chi connectivity index (χ3n) is 3.44. The molecule has 0 spiro atoms. The second-order valence-corrected chi connectivity index (χ2v) is 7.31. The Morgan fingerprint density at radius 2 is 1.71 bits per heavy atom. The van der Waals surface area contributed by atoms with Crippen LogP contribution in [0.3, 0.4) is 0 Å². The van der Waals surface area contributed by atoms with Crippen LogP contribution in [0, 0.1) is 11.8 Å². The summed E-state index contributed by atoms with van der Waals surface area (Å²) in [5.41, 5.74) is -0.720. The second kappa shape index (κ2) is 8.39. The Morgan fingerprint density at radius 1 is 1.07 bits per heavy atom. The van der Waals surface area contributed by atoms with Crippen molar-refractivity contribution < 1.29 is 35.2 Å². The summed E-state index contributed by atoms with van der Waals surface area (Å²) in [5.74, 6) is 0.741. The zero-order valence-electron chi connectivity index (χ0n) is 13.9. The number of nitrogens with one attached hydrogen (secondary N) is 1. The van der Waals surface area contributed by atoms with Gasteiger partial charge in [-0.15, -0.1) is 0 Å². The number of rotatable bonds is 4. The van der Waals surface area contributed by atoms with Crippen LogP contribution in [0.2, 0.25) is 0 Å². The van der Waals surface area contributed by atoms with E-state index in [1.54, 1.807) is 0 Å². The van der Waals surface area contributed by atoms with Crippen molar-refractivity contribution in [2.24, 2.45) is 0 Å². The molecule has 10 heteroatoms. The van der Waals surface area contributed by atoms with E-state index in [4.69, 9.17) is 0 Å². The molecule has 0 aliphatic heterocycles. The third kappa shape index (κ3) is 5.29. The van der Waals surface area contributed by atoms with Gasteiger partial charge in [-0.1, -0.05) is 17.9 Å². The fourth-order valence-electron chi connectivity index (χ4n) is 2.04. The third-order valence-corrected chi connectivity index (χ3v) is 4.84. The first-order valence-corrected chi connectivity index (χ1v) is 9.13. The average Bonchev–Trinajstić information content (AvgIpc) is 2.64. The number of hydrogen-bond donors (Lipinski definition) is 1. The predicted octanol–water partition coefficient (Wildman–Crippen LogP) is 3.48. The molecule has 28 heavy (non-hydrogen) atoms. The number of alkyl halides is 5. The molecule has 0 fully saturated rings. The van der Waals surface area contributed by atoms with Gasteiger partial charge in [-0.2, -0.15) is 22.0 Å². The predicted molar refractivity (Wildman–Crippen MR) is 90.3 cm³/mol. The van der Waals surface area contributed by atoms with Crippen LogP contribution in [0.5, 0.6) is 0 Å². The van der Waals surface area contributed by atoms with Gasteiger partial charge in [0.05, 0.1) is 17.0 Å². The monoisotopic (exact) mass is 417 g/mol. The number of halogens is 5. The van der Waals surface area contributed by atoms with Crippen molar-refractivity contribution in [2.45, 2.75) is 16.8 Å². The van der Waals surface area contributed by atoms with E-state index >= 15 is 0 Å². The SMILES string of the molecule is O=C(NCC#Cc1cccc(C(F)(F)F)c1)c1ccc(S(=O)(=O)C(F)F)cc1.